The Morgan fingerprint density at radius 1 is 0.500 bits per heavy atom. The zero-order valence-electron chi connectivity index (χ0n) is 21.1. The summed E-state index contributed by atoms with van der Waals surface area (Å²) in [5.41, 5.74) is 1.42. The minimum atomic E-state index is -1.34. The number of carbonyl (C=O) groups is 2. The molecule has 0 spiro atoms. The van der Waals surface area contributed by atoms with Gasteiger partial charge in [-0.2, -0.15) is 0 Å². The number of fused-ring (bicyclic) bond motifs is 2. The maximum Gasteiger partial charge on any atom is 0.336 e. The Balaban J connectivity index is 1.34. The van der Waals surface area contributed by atoms with Gasteiger partial charge in [-0.15, -0.1) is 0 Å². The van der Waals surface area contributed by atoms with Crippen molar-refractivity contribution in [2.24, 2.45) is 0 Å². The van der Waals surface area contributed by atoms with Gasteiger partial charge >= 0.3 is 11.9 Å². The minimum Gasteiger partial charge on any atom is -0.478 e. The highest BCUT2D eigenvalue weighted by atomic mass is 16.5. The van der Waals surface area contributed by atoms with E-state index in [1.807, 2.05) is 42.5 Å². The quantitative estimate of drug-likeness (QED) is 0.216. The van der Waals surface area contributed by atoms with Crippen molar-refractivity contribution >= 4 is 33.5 Å². The molecule has 0 bridgehead atoms. The van der Waals surface area contributed by atoms with E-state index >= 15 is 0 Å². The fourth-order valence-corrected chi connectivity index (χ4v) is 4.85. The van der Waals surface area contributed by atoms with E-state index in [-0.39, 0.29) is 16.9 Å². The molecular weight excluding hydrogens is 504 g/mol. The lowest BCUT2D eigenvalue weighted by Crippen LogP contribution is -2.07. The lowest BCUT2D eigenvalue weighted by atomic mass is 9.93. The predicted octanol–water partition coefficient (Wildman–Crippen LogP) is 8.64. The van der Waals surface area contributed by atoms with Crippen LogP contribution in [-0.2, 0) is 0 Å². The van der Waals surface area contributed by atoms with Crippen LogP contribution in [0.15, 0.2) is 121 Å². The molecule has 6 aromatic carbocycles. The molecule has 0 amide bonds. The van der Waals surface area contributed by atoms with Gasteiger partial charge in [0.1, 0.15) is 23.0 Å². The van der Waals surface area contributed by atoms with E-state index in [2.05, 4.69) is 36.4 Å². The van der Waals surface area contributed by atoms with Crippen LogP contribution in [0.2, 0.25) is 0 Å². The Hall–Kier alpha value is -5.62. The van der Waals surface area contributed by atoms with Gasteiger partial charge in [-0.25, -0.2) is 9.59 Å². The molecule has 0 unspecified atom stereocenters. The zero-order chi connectivity index (χ0) is 27.6. The molecule has 2 N–H and O–H groups in total. The van der Waals surface area contributed by atoms with Gasteiger partial charge in [0.15, 0.2) is 0 Å². The molecule has 0 aliphatic carbocycles. The van der Waals surface area contributed by atoms with Gasteiger partial charge in [-0.05, 0) is 75.6 Å². The monoisotopic (exact) mass is 526 g/mol. The highest BCUT2D eigenvalue weighted by molar-refractivity contribution is 6.07. The van der Waals surface area contributed by atoms with Crippen LogP contribution < -0.4 is 9.47 Å². The minimum absolute atomic E-state index is 0.212. The number of carboxylic acids is 2. The molecule has 0 saturated carbocycles. The van der Waals surface area contributed by atoms with Gasteiger partial charge in [-0.3, -0.25) is 0 Å². The summed E-state index contributed by atoms with van der Waals surface area (Å²) in [6, 6.07) is 37.5. The number of benzene rings is 6. The SMILES string of the molecule is O=C(O)c1ccc(Oc2ccc(Oc3ccc4ccccc4c3-c3cccc4ccccc34)cc2)cc1C(=O)O. The third kappa shape index (κ3) is 4.70. The van der Waals surface area contributed by atoms with Crippen molar-refractivity contribution in [2.75, 3.05) is 0 Å². The first kappa shape index (κ1) is 24.7. The van der Waals surface area contributed by atoms with Gasteiger partial charge in [-0.1, -0.05) is 72.8 Å². The fourth-order valence-electron chi connectivity index (χ4n) is 4.85. The molecule has 0 saturated heterocycles. The second kappa shape index (κ2) is 10.3. The summed E-state index contributed by atoms with van der Waals surface area (Å²) in [7, 11) is 0. The van der Waals surface area contributed by atoms with E-state index in [1.54, 1.807) is 24.3 Å². The number of aromatic carboxylic acids is 2. The summed E-state index contributed by atoms with van der Waals surface area (Å²) in [6.07, 6.45) is 0. The first-order valence-corrected chi connectivity index (χ1v) is 12.5. The molecule has 0 aromatic heterocycles. The largest absolute Gasteiger partial charge is 0.478 e. The number of rotatable bonds is 7. The molecule has 0 aliphatic heterocycles. The maximum absolute atomic E-state index is 11.5. The van der Waals surface area contributed by atoms with Gasteiger partial charge in [0.25, 0.3) is 0 Å². The Bertz CT molecular complexity index is 1900. The molecule has 0 aliphatic rings. The lowest BCUT2D eigenvalue weighted by Gasteiger charge is -2.16. The average molecular weight is 527 g/mol. The summed E-state index contributed by atoms with van der Waals surface area (Å²) in [6.45, 7) is 0. The first-order chi connectivity index (χ1) is 19.5. The topological polar surface area (TPSA) is 93.1 Å². The maximum atomic E-state index is 11.5. The Labute approximate surface area is 229 Å². The highest BCUT2D eigenvalue weighted by Crippen LogP contribution is 2.42. The summed E-state index contributed by atoms with van der Waals surface area (Å²) >= 11 is 0. The Kier molecular flexibility index (Phi) is 6.34. The summed E-state index contributed by atoms with van der Waals surface area (Å²) in [5, 5.41) is 23.1. The van der Waals surface area contributed by atoms with Crippen molar-refractivity contribution < 1.29 is 29.3 Å². The molecule has 0 fully saturated rings. The summed E-state index contributed by atoms with van der Waals surface area (Å²) in [4.78, 5) is 22.8. The predicted molar refractivity (Wildman–Crippen MR) is 154 cm³/mol. The van der Waals surface area contributed by atoms with Crippen molar-refractivity contribution in [1.82, 2.24) is 0 Å². The van der Waals surface area contributed by atoms with E-state index < -0.39 is 11.9 Å². The summed E-state index contributed by atoms with van der Waals surface area (Å²) < 4.78 is 12.2. The van der Waals surface area contributed by atoms with Gasteiger partial charge < -0.3 is 19.7 Å². The molecule has 40 heavy (non-hydrogen) atoms. The van der Waals surface area contributed by atoms with Crippen molar-refractivity contribution in [3.63, 3.8) is 0 Å². The summed E-state index contributed by atoms with van der Waals surface area (Å²) in [5.74, 6) is -0.704. The van der Waals surface area contributed by atoms with Crippen molar-refractivity contribution in [1.29, 1.82) is 0 Å². The second-order valence-electron chi connectivity index (χ2n) is 9.18. The number of ether oxygens (including phenoxy) is 2. The smallest absolute Gasteiger partial charge is 0.336 e. The third-order valence-corrected chi connectivity index (χ3v) is 6.69. The van der Waals surface area contributed by atoms with Crippen LogP contribution in [0.3, 0.4) is 0 Å². The van der Waals surface area contributed by atoms with E-state index in [0.29, 0.717) is 17.2 Å². The van der Waals surface area contributed by atoms with Crippen LogP contribution in [0.1, 0.15) is 20.7 Å². The molecule has 6 heteroatoms. The van der Waals surface area contributed by atoms with E-state index in [0.717, 1.165) is 32.7 Å². The zero-order valence-corrected chi connectivity index (χ0v) is 21.1. The van der Waals surface area contributed by atoms with Gasteiger partial charge in [0.2, 0.25) is 0 Å². The molecule has 6 nitrogen and oxygen atoms in total. The number of hydrogen-bond donors (Lipinski definition) is 2. The average Bonchev–Trinajstić information content (AvgIpc) is 2.97. The lowest BCUT2D eigenvalue weighted by molar-refractivity contribution is 0.0651. The molecule has 194 valence electrons. The van der Waals surface area contributed by atoms with Crippen LogP contribution >= 0.6 is 0 Å². The standard InChI is InChI=1S/C34H22O6/c35-33(36)29-18-17-25(20-30(29)34(37)38)39-23-13-15-24(16-14-23)40-31-19-12-22-7-2-4-10-27(22)32(31)28-11-5-8-21-6-1-3-9-26(21)28/h1-20H,(H,35,36)(H,37,38). The molecular formula is C34H22O6. The second-order valence-corrected chi connectivity index (χ2v) is 9.18. The first-order valence-electron chi connectivity index (χ1n) is 12.5. The third-order valence-electron chi connectivity index (χ3n) is 6.69. The Morgan fingerprint density at radius 3 is 1.77 bits per heavy atom. The molecule has 6 aromatic rings. The Morgan fingerprint density at radius 2 is 1.07 bits per heavy atom. The van der Waals surface area contributed by atoms with E-state index in [4.69, 9.17) is 9.47 Å². The van der Waals surface area contributed by atoms with Crippen molar-refractivity contribution in [3.05, 3.63) is 132 Å². The van der Waals surface area contributed by atoms with Crippen molar-refractivity contribution in [2.45, 2.75) is 0 Å². The van der Waals surface area contributed by atoms with E-state index in [9.17, 15) is 19.8 Å². The number of carboxylic acid groups (broad SMARTS) is 2. The molecule has 0 radical (unpaired) electrons. The van der Waals surface area contributed by atoms with Gasteiger partial charge in [0, 0.05) is 5.56 Å². The molecule has 6 rings (SSSR count). The molecule has 0 heterocycles. The van der Waals surface area contributed by atoms with Crippen LogP contribution in [0.25, 0.3) is 32.7 Å². The van der Waals surface area contributed by atoms with Gasteiger partial charge in [0.05, 0.1) is 11.1 Å². The number of hydrogen-bond acceptors (Lipinski definition) is 4. The molecule has 0 atom stereocenters. The van der Waals surface area contributed by atoms with Crippen molar-refractivity contribution in [3.8, 4) is 34.1 Å². The normalized spacial score (nSPS) is 10.9. The van der Waals surface area contributed by atoms with Crippen LogP contribution in [0, 0.1) is 0 Å². The van der Waals surface area contributed by atoms with Crippen LogP contribution in [0.4, 0.5) is 0 Å². The van der Waals surface area contributed by atoms with Crippen LogP contribution in [-0.4, -0.2) is 22.2 Å². The van der Waals surface area contributed by atoms with Crippen LogP contribution in [0.5, 0.6) is 23.0 Å². The highest BCUT2D eigenvalue weighted by Gasteiger charge is 2.18. The fraction of sp³-hybridized carbons (Fsp3) is 0. The van der Waals surface area contributed by atoms with E-state index in [1.165, 1.54) is 18.2 Å².